The van der Waals surface area contributed by atoms with Crippen molar-refractivity contribution in [1.29, 1.82) is 0 Å². The van der Waals surface area contributed by atoms with Gasteiger partial charge in [-0.2, -0.15) is 0 Å². The Bertz CT molecular complexity index is 968. The molecule has 0 bridgehead atoms. The number of fused-ring (bicyclic) bond motifs is 1. The predicted molar refractivity (Wildman–Crippen MR) is 126 cm³/mol. The van der Waals surface area contributed by atoms with E-state index >= 15 is 0 Å². The Morgan fingerprint density at radius 2 is 1.90 bits per heavy atom. The summed E-state index contributed by atoms with van der Waals surface area (Å²) in [6, 6.07) is 17.7. The van der Waals surface area contributed by atoms with Gasteiger partial charge in [-0.05, 0) is 42.9 Å². The molecule has 1 aliphatic heterocycles. The molecule has 0 atom stereocenters. The highest BCUT2D eigenvalue weighted by Crippen LogP contribution is 2.21. The second kappa shape index (κ2) is 9.81. The van der Waals surface area contributed by atoms with Crippen LogP contribution in [0.25, 0.3) is 10.9 Å². The Hall–Kier alpha value is -2.79. The van der Waals surface area contributed by atoms with E-state index in [0.717, 1.165) is 51.4 Å². The van der Waals surface area contributed by atoms with Gasteiger partial charge in [0, 0.05) is 56.4 Å². The fraction of sp³-hybridized carbons (Fsp3) is 0.400. The topological polar surface area (TPSA) is 55.5 Å². The predicted octanol–water partition coefficient (Wildman–Crippen LogP) is 3.85. The van der Waals surface area contributed by atoms with Crippen molar-refractivity contribution in [3.63, 3.8) is 0 Å². The minimum absolute atomic E-state index is 0.485. The molecule has 1 saturated heterocycles. The highest BCUT2D eigenvalue weighted by atomic mass is 15.2. The van der Waals surface area contributed by atoms with Crippen molar-refractivity contribution >= 4 is 16.9 Å². The fourth-order valence-electron chi connectivity index (χ4n) is 4.35. The van der Waals surface area contributed by atoms with E-state index in [2.05, 4.69) is 87.2 Å². The molecule has 1 fully saturated rings. The molecule has 1 aliphatic rings. The van der Waals surface area contributed by atoms with E-state index in [-0.39, 0.29) is 0 Å². The molecular formula is C25H33N5. The fourth-order valence-corrected chi connectivity index (χ4v) is 4.35. The lowest BCUT2D eigenvalue weighted by Gasteiger charge is -2.33. The van der Waals surface area contributed by atoms with Crippen LogP contribution in [0.15, 0.2) is 59.7 Å². The smallest absolute Gasteiger partial charge is 0.191 e. The summed E-state index contributed by atoms with van der Waals surface area (Å²) >= 11 is 0. The lowest BCUT2D eigenvalue weighted by molar-refractivity contribution is 0.198. The number of guanidine groups is 1. The Balaban J connectivity index is 1.22. The average Bonchev–Trinajstić information content (AvgIpc) is 3.19. The van der Waals surface area contributed by atoms with Crippen LogP contribution < -0.4 is 10.6 Å². The van der Waals surface area contributed by atoms with Crippen LogP contribution in [-0.2, 0) is 13.0 Å². The second-order valence-electron chi connectivity index (χ2n) is 8.24. The number of aliphatic imine (C=N–C) groups is 1. The zero-order valence-corrected chi connectivity index (χ0v) is 18.1. The van der Waals surface area contributed by atoms with E-state index in [1.165, 1.54) is 27.6 Å². The number of likely N-dealkylation sites (tertiary alicyclic amines) is 1. The largest absolute Gasteiger partial charge is 0.361 e. The van der Waals surface area contributed by atoms with Crippen molar-refractivity contribution < 1.29 is 0 Å². The molecule has 1 aromatic heterocycles. The van der Waals surface area contributed by atoms with Crippen LogP contribution in [0.4, 0.5) is 0 Å². The molecule has 0 radical (unpaired) electrons. The third-order valence-corrected chi connectivity index (χ3v) is 6.10. The van der Waals surface area contributed by atoms with Crippen LogP contribution in [0.2, 0.25) is 0 Å². The first-order valence-corrected chi connectivity index (χ1v) is 11.0. The quantitative estimate of drug-likeness (QED) is 0.433. The number of aryl methyl sites for hydroxylation is 1. The third-order valence-electron chi connectivity index (χ3n) is 6.10. The Kier molecular flexibility index (Phi) is 6.70. The molecule has 0 spiro atoms. The highest BCUT2D eigenvalue weighted by molar-refractivity contribution is 5.86. The van der Waals surface area contributed by atoms with Gasteiger partial charge in [0.1, 0.15) is 0 Å². The van der Waals surface area contributed by atoms with Crippen molar-refractivity contribution in [3.8, 4) is 0 Å². The maximum atomic E-state index is 4.44. The molecule has 4 rings (SSSR count). The van der Waals surface area contributed by atoms with Crippen molar-refractivity contribution in [1.82, 2.24) is 20.5 Å². The second-order valence-corrected chi connectivity index (χ2v) is 8.24. The SMILES string of the molecule is CN=C(NCCc1c[nH]c2c(C)cccc12)NC1CCN(Cc2ccccc2)CC1. The molecule has 30 heavy (non-hydrogen) atoms. The lowest BCUT2D eigenvalue weighted by atomic mass is 10.0. The molecular weight excluding hydrogens is 370 g/mol. The molecule has 3 aromatic rings. The first-order valence-electron chi connectivity index (χ1n) is 11.0. The van der Waals surface area contributed by atoms with Crippen LogP contribution >= 0.6 is 0 Å². The van der Waals surface area contributed by atoms with Crippen LogP contribution in [0.3, 0.4) is 0 Å². The summed E-state index contributed by atoms with van der Waals surface area (Å²) in [4.78, 5) is 10.4. The van der Waals surface area contributed by atoms with E-state index in [1.807, 2.05) is 7.05 Å². The Morgan fingerprint density at radius 1 is 1.10 bits per heavy atom. The van der Waals surface area contributed by atoms with Crippen molar-refractivity contribution in [3.05, 3.63) is 71.4 Å². The molecule has 2 heterocycles. The standard InChI is InChI=1S/C25H33N5/c1-19-7-6-10-23-21(17-28-24(19)23)11-14-27-25(26-2)29-22-12-15-30(16-13-22)18-20-8-4-3-5-9-20/h3-10,17,22,28H,11-16,18H2,1-2H3,(H2,26,27,29). The number of benzene rings is 2. The van der Waals surface area contributed by atoms with Gasteiger partial charge in [-0.25, -0.2) is 0 Å². The van der Waals surface area contributed by atoms with Gasteiger partial charge >= 0.3 is 0 Å². The normalized spacial score (nSPS) is 16.1. The first kappa shape index (κ1) is 20.5. The minimum atomic E-state index is 0.485. The molecule has 2 aromatic carbocycles. The average molecular weight is 404 g/mol. The van der Waals surface area contributed by atoms with Gasteiger partial charge in [-0.15, -0.1) is 0 Å². The van der Waals surface area contributed by atoms with Gasteiger partial charge in [0.15, 0.2) is 5.96 Å². The van der Waals surface area contributed by atoms with Gasteiger partial charge in [0.05, 0.1) is 0 Å². The van der Waals surface area contributed by atoms with Crippen molar-refractivity contribution in [2.75, 3.05) is 26.7 Å². The number of nitrogens with zero attached hydrogens (tertiary/aromatic N) is 2. The molecule has 5 heteroatoms. The number of nitrogens with one attached hydrogen (secondary N) is 3. The maximum Gasteiger partial charge on any atom is 0.191 e. The van der Waals surface area contributed by atoms with Gasteiger partial charge < -0.3 is 15.6 Å². The van der Waals surface area contributed by atoms with Crippen LogP contribution in [0, 0.1) is 6.92 Å². The monoisotopic (exact) mass is 403 g/mol. The van der Waals surface area contributed by atoms with Crippen LogP contribution in [0.1, 0.15) is 29.5 Å². The Morgan fingerprint density at radius 3 is 2.67 bits per heavy atom. The minimum Gasteiger partial charge on any atom is -0.361 e. The number of hydrogen-bond acceptors (Lipinski definition) is 2. The maximum absolute atomic E-state index is 4.44. The van der Waals surface area contributed by atoms with E-state index in [0.29, 0.717) is 6.04 Å². The first-order chi connectivity index (χ1) is 14.7. The summed E-state index contributed by atoms with van der Waals surface area (Å²) in [5.41, 5.74) is 5.29. The number of piperidine rings is 1. The molecule has 0 amide bonds. The number of para-hydroxylation sites is 1. The summed E-state index contributed by atoms with van der Waals surface area (Å²) < 4.78 is 0. The van der Waals surface area contributed by atoms with E-state index in [1.54, 1.807) is 0 Å². The van der Waals surface area contributed by atoms with Crippen LogP contribution in [0.5, 0.6) is 0 Å². The summed E-state index contributed by atoms with van der Waals surface area (Å²) in [6.45, 7) is 6.31. The third kappa shape index (κ3) is 5.03. The summed E-state index contributed by atoms with van der Waals surface area (Å²) in [6.07, 6.45) is 5.40. The highest BCUT2D eigenvalue weighted by Gasteiger charge is 2.20. The van der Waals surface area contributed by atoms with E-state index in [9.17, 15) is 0 Å². The molecule has 5 nitrogen and oxygen atoms in total. The number of rotatable bonds is 6. The zero-order valence-electron chi connectivity index (χ0n) is 18.1. The van der Waals surface area contributed by atoms with Gasteiger partial charge in [-0.3, -0.25) is 9.89 Å². The molecule has 0 saturated carbocycles. The number of aromatic amines is 1. The number of aromatic nitrogens is 1. The van der Waals surface area contributed by atoms with E-state index < -0.39 is 0 Å². The van der Waals surface area contributed by atoms with Gasteiger partial charge in [-0.1, -0.05) is 48.5 Å². The molecule has 0 aliphatic carbocycles. The number of hydrogen-bond donors (Lipinski definition) is 3. The summed E-state index contributed by atoms with van der Waals surface area (Å²) in [5.74, 6) is 0.910. The van der Waals surface area contributed by atoms with E-state index in [4.69, 9.17) is 0 Å². The lowest BCUT2D eigenvalue weighted by Crippen LogP contribution is -2.48. The summed E-state index contributed by atoms with van der Waals surface area (Å²) in [5, 5.41) is 8.44. The van der Waals surface area contributed by atoms with Crippen LogP contribution in [-0.4, -0.2) is 48.6 Å². The Labute approximate surface area is 179 Å². The number of H-pyrrole nitrogens is 1. The zero-order chi connectivity index (χ0) is 20.8. The van der Waals surface area contributed by atoms with Gasteiger partial charge in [0.25, 0.3) is 0 Å². The van der Waals surface area contributed by atoms with Gasteiger partial charge in [0.2, 0.25) is 0 Å². The van der Waals surface area contributed by atoms with Crippen molar-refractivity contribution in [2.24, 2.45) is 4.99 Å². The molecule has 158 valence electrons. The summed E-state index contributed by atoms with van der Waals surface area (Å²) in [7, 11) is 1.86. The molecule has 0 unspecified atom stereocenters. The van der Waals surface area contributed by atoms with Crippen molar-refractivity contribution in [2.45, 2.75) is 38.8 Å². The molecule has 3 N–H and O–H groups in total.